The monoisotopic (exact) mass is 224 g/mol. The van der Waals surface area contributed by atoms with Crippen molar-refractivity contribution in [2.45, 2.75) is 12.5 Å². The van der Waals surface area contributed by atoms with Gasteiger partial charge in [-0.3, -0.25) is 0 Å². The van der Waals surface area contributed by atoms with Crippen LogP contribution in [0.2, 0.25) is 0 Å². The lowest BCUT2D eigenvalue weighted by Crippen LogP contribution is -2.20. The van der Waals surface area contributed by atoms with Gasteiger partial charge in [-0.15, -0.1) is 0 Å². The fraction of sp³-hybridized carbons (Fsp3) is 0.444. The third-order valence-corrected chi connectivity index (χ3v) is 2.13. The van der Waals surface area contributed by atoms with Crippen LogP contribution in [0.15, 0.2) is 16.9 Å². The summed E-state index contributed by atoms with van der Waals surface area (Å²) in [5, 5.41) is 19.6. The van der Waals surface area contributed by atoms with Crippen LogP contribution in [0.25, 0.3) is 5.65 Å². The summed E-state index contributed by atoms with van der Waals surface area (Å²) in [4.78, 5) is 11.2. The lowest BCUT2D eigenvalue weighted by molar-refractivity contribution is 0.0643. The first-order valence-electron chi connectivity index (χ1n) is 4.81. The highest BCUT2D eigenvalue weighted by Crippen LogP contribution is 2.01. The summed E-state index contributed by atoms with van der Waals surface area (Å²) >= 11 is 0. The van der Waals surface area contributed by atoms with E-state index in [9.17, 15) is 9.90 Å². The standard InChI is InChI=1S/C9H12N4O3/c1-16-5-7(14)4-6-2-3-8-10-11-9(15)13(8)12-6/h2-3,7,14H,4-5H2,1H3,(H,11,15). The molecule has 0 saturated heterocycles. The van der Waals surface area contributed by atoms with Crippen LogP contribution in [-0.4, -0.2) is 44.7 Å². The first-order chi connectivity index (χ1) is 7.70. The van der Waals surface area contributed by atoms with E-state index in [0.717, 1.165) is 4.52 Å². The van der Waals surface area contributed by atoms with Gasteiger partial charge in [0, 0.05) is 13.5 Å². The quantitative estimate of drug-likeness (QED) is 0.692. The Bertz CT molecular complexity index is 533. The maximum absolute atomic E-state index is 11.2. The van der Waals surface area contributed by atoms with Crippen molar-refractivity contribution < 1.29 is 9.84 Å². The minimum absolute atomic E-state index is 0.236. The summed E-state index contributed by atoms with van der Waals surface area (Å²) in [6.07, 6.45) is -0.293. The molecule has 16 heavy (non-hydrogen) atoms. The molecule has 0 aliphatic heterocycles. The largest absolute Gasteiger partial charge is 0.390 e. The minimum Gasteiger partial charge on any atom is -0.390 e. The van der Waals surface area contributed by atoms with Crippen molar-refractivity contribution in [3.63, 3.8) is 0 Å². The Labute approximate surface area is 90.7 Å². The number of methoxy groups -OCH3 is 1. The van der Waals surface area contributed by atoms with Crippen molar-refractivity contribution >= 4 is 5.65 Å². The second-order valence-electron chi connectivity index (χ2n) is 3.44. The molecular weight excluding hydrogens is 212 g/mol. The van der Waals surface area contributed by atoms with E-state index in [1.54, 1.807) is 12.1 Å². The Morgan fingerprint density at radius 1 is 1.62 bits per heavy atom. The average Bonchev–Trinajstić information content (AvgIpc) is 2.61. The third-order valence-electron chi connectivity index (χ3n) is 2.13. The van der Waals surface area contributed by atoms with Gasteiger partial charge in [-0.05, 0) is 12.1 Å². The first-order valence-corrected chi connectivity index (χ1v) is 4.81. The van der Waals surface area contributed by atoms with Gasteiger partial charge in [-0.25, -0.2) is 9.89 Å². The SMILES string of the molecule is COCC(O)Cc1ccc2n[nH]c(=O)n2n1. The van der Waals surface area contributed by atoms with Crippen LogP contribution in [0.3, 0.4) is 0 Å². The molecule has 2 aromatic rings. The second-order valence-corrected chi connectivity index (χ2v) is 3.44. The minimum atomic E-state index is -0.627. The number of H-pyrrole nitrogens is 1. The van der Waals surface area contributed by atoms with Gasteiger partial charge in [-0.2, -0.15) is 14.7 Å². The molecule has 2 aromatic heterocycles. The van der Waals surface area contributed by atoms with Gasteiger partial charge in [0.1, 0.15) is 0 Å². The third kappa shape index (κ3) is 2.10. The van der Waals surface area contributed by atoms with E-state index >= 15 is 0 Å². The number of rotatable bonds is 4. The lowest BCUT2D eigenvalue weighted by atomic mass is 10.2. The lowest BCUT2D eigenvalue weighted by Gasteiger charge is -2.07. The van der Waals surface area contributed by atoms with Gasteiger partial charge < -0.3 is 9.84 Å². The van der Waals surface area contributed by atoms with E-state index in [4.69, 9.17) is 4.74 Å². The van der Waals surface area contributed by atoms with Crippen molar-refractivity contribution in [1.29, 1.82) is 0 Å². The van der Waals surface area contributed by atoms with Crippen molar-refractivity contribution in [2.75, 3.05) is 13.7 Å². The predicted molar refractivity (Wildman–Crippen MR) is 55.2 cm³/mol. The van der Waals surface area contributed by atoms with E-state index in [1.165, 1.54) is 7.11 Å². The van der Waals surface area contributed by atoms with Crippen LogP contribution in [0.4, 0.5) is 0 Å². The Morgan fingerprint density at radius 3 is 3.19 bits per heavy atom. The molecule has 2 N–H and O–H groups in total. The smallest absolute Gasteiger partial charge is 0.364 e. The summed E-state index contributed by atoms with van der Waals surface area (Å²) in [7, 11) is 1.51. The van der Waals surface area contributed by atoms with Crippen LogP contribution in [-0.2, 0) is 11.2 Å². The van der Waals surface area contributed by atoms with Gasteiger partial charge >= 0.3 is 5.69 Å². The van der Waals surface area contributed by atoms with Crippen LogP contribution in [0.5, 0.6) is 0 Å². The molecule has 0 amide bonds. The van der Waals surface area contributed by atoms with Gasteiger partial charge in [-0.1, -0.05) is 0 Å². The van der Waals surface area contributed by atoms with Gasteiger partial charge in [0.2, 0.25) is 0 Å². The van der Waals surface area contributed by atoms with Crippen molar-refractivity contribution in [2.24, 2.45) is 0 Å². The molecule has 0 bridgehead atoms. The Kier molecular flexibility index (Phi) is 2.97. The van der Waals surface area contributed by atoms with Gasteiger partial charge in [0.25, 0.3) is 0 Å². The summed E-state index contributed by atoms with van der Waals surface area (Å²) in [5.74, 6) is 0. The van der Waals surface area contributed by atoms with E-state index in [2.05, 4.69) is 15.3 Å². The van der Waals surface area contributed by atoms with Crippen molar-refractivity contribution in [3.05, 3.63) is 28.3 Å². The fourth-order valence-electron chi connectivity index (χ4n) is 1.44. The molecule has 1 unspecified atom stereocenters. The van der Waals surface area contributed by atoms with Crippen LogP contribution < -0.4 is 5.69 Å². The topological polar surface area (TPSA) is 92.5 Å². The van der Waals surface area contributed by atoms with E-state index in [1.807, 2.05) is 0 Å². The van der Waals surface area contributed by atoms with Crippen LogP contribution >= 0.6 is 0 Å². The van der Waals surface area contributed by atoms with E-state index in [-0.39, 0.29) is 6.61 Å². The normalized spacial score (nSPS) is 13.1. The molecule has 0 aliphatic carbocycles. The molecule has 7 nitrogen and oxygen atoms in total. The molecule has 0 fully saturated rings. The maximum Gasteiger partial charge on any atom is 0.364 e. The highest BCUT2D eigenvalue weighted by Gasteiger charge is 2.08. The number of nitrogens with one attached hydrogen (secondary N) is 1. The predicted octanol–water partition coefficient (Wildman–Crippen LogP) is -1.03. The number of ether oxygens (including phenoxy) is 1. The molecule has 2 heterocycles. The van der Waals surface area contributed by atoms with Gasteiger partial charge in [0.15, 0.2) is 5.65 Å². The second kappa shape index (κ2) is 4.42. The van der Waals surface area contributed by atoms with E-state index < -0.39 is 11.8 Å². The highest BCUT2D eigenvalue weighted by molar-refractivity contribution is 5.34. The van der Waals surface area contributed by atoms with Crippen LogP contribution in [0, 0.1) is 0 Å². The Balaban J connectivity index is 2.25. The van der Waals surface area contributed by atoms with Gasteiger partial charge in [0.05, 0.1) is 18.4 Å². The van der Waals surface area contributed by atoms with Crippen LogP contribution in [0.1, 0.15) is 5.69 Å². The molecule has 0 spiro atoms. The molecule has 1 atom stereocenters. The molecule has 0 aliphatic rings. The molecule has 7 heteroatoms. The molecule has 86 valence electrons. The highest BCUT2D eigenvalue weighted by atomic mass is 16.5. The number of aromatic amines is 1. The zero-order chi connectivity index (χ0) is 11.5. The maximum atomic E-state index is 11.2. The number of aliphatic hydroxyl groups is 1. The number of hydrogen-bond donors (Lipinski definition) is 2. The number of aromatic nitrogens is 4. The molecule has 0 radical (unpaired) electrons. The number of nitrogens with zero attached hydrogens (tertiary/aromatic N) is 3. The summed E-state index contributed by atoms with van der Waals surface area (Å²) in [6, 6.07) is 3.38. The summed E-state index contributed by atoms with van der Waals surface area (Å²) in [5.41, 5.74) is 0.675. The fourth-order valence-corrected chi connectivity index (χ4v) is 1.44. The Morgan fingerprint density at radius 2 is 2.44 bits per heavy atom. The van der Waals surface area contributed by atoms with Crippen molar-refractivity contribution in [3.8, 4) is 0 Å². The number of aliphatic hydroxyl groups excluding tert-OH is 1. The molecular formula is C9H12N4O3. The molecule has 0 aromatic carbocycles. The summed E-state index contributed by atoms with van der Waals surface area (Å²) < 4.78 is 5.97. The average molecular weight is 224 g/mol. The molecule has 0 saturated carbocycles. The number of fused-ring (bicyclic) bond motifs is 1. The zero-order valence-corrected chi connectivity index (χ0v) is 8.75. The number of hydrogen-bond acceptors (Lipinski definition) is 5. The molecule has 2 rings (SSSR count). The first kappa shape index (κ1) is 10.8. The zero-order valence-electron chi connectivity index (χ0n) is 8.75. The Hall–Kier alpha value is -1.73. The van der Waals surface area contributed by atoms with E-state index in [0.29, 0.717) is 17.8 Å². The van der Waals surface area contributed by atoms with Crippen molar-refractivity contribution in [1.82, 2.24) is 19.8 Å². The summed E-state index contributed by atoms with van der Waals surface area (Å²) in [6.45, 7) is 0.236.